The number of carbonyl (C=O) groups excluding carboxylic acids is 1. The molecule has 1 saturated heterocycles. The van der Waals surface area contributed by atoms with Gasteiger partial charge in [0.05, 0.1) is 0 Å². The van der Waals surface area contributed by atoms with Crippen LogP contribution >= 0.6 is 11.8 Å². The van der Waals surface area contributed by atoms with E-state index in [2.05, 4.69) is 0 Å². The number of rotatable bonds is 4. The molecule has 1 aliphatic heterocycles. The number of carbonyl (C=O) groups is 1. The van der Waals surface area contributed by atoms with Gasteiger partial charge in [0.25, 0.3) is 5.91 Å². The second-order valence-electron chi connectivity index (χ2n) is 6.44. The van der Waals surface area contributed by atoms with E-state index in [4.69, 9.17) is 9.15 Å². The third-order valence-corrected chi connectivity index (χ3v) is 5.51. The van der Waals surface area contributed by atoms with E-state index in [1.54, 1.807) is 4.90 Å². The molecule has 3 aromatic rings. The van der Waals surface area contributed by atoms with Crippen LogP contribution in [0.25, 0.3) is 22.3 Å². The van der Waals surface area contributed by atoms with Crippen LogP contribution < -0.4 is 10.2 Å². The number of hydrogen-bond acceptors (Lipinski definition) is 6. The number of ether oxygens (including phenoxy) is 1. The Morgan fingerprint density at radius 2 is 1.89 bits per heavy atom. The van der Waals surface area contributed by atoms with Gasteiger partial charge >= 0.3 is 0 Å². The van der Waals surface area contributed by atoms with Crippen molar-refractivity contribution in [2.45, 2.75) is 0 Å². The molecule has 2 heterocycles. The molecule has 0 atom stereocenters. The van der Waals surface area contributed by atoms with Crippen molar-refractivity contribution in [2.24, 2.45) is 0 Å². The van der Waals surface area contributed by atoms with Gasteiger partial charge in [0.2, 0.25) is 0 Å². The fourth-order valence-corrected chi connectivity index (χ4v) is 4.02. The highest BCUT2D eigenvalue weighted by molar-refractivity contribution is 7.99. The SMILES string of the molecule is O=C(COc1cc(O)c2c(=O)cc(-c3ccccc3)oc2c1)N1CCSCC1. The minimum absolute atomic E-state index is 0.0893. The summed E-state index contributed by atoms with van der Waals surface area (Å²) in [5.41, 5.74) is 0.625. The molecule has 0 saturated carbocycles. The van der Waals surface area contributed by atoms with Crippen LogP contribution in [0.1, 0.15) is 0 Å². The lowest BCUT2D eigenvalue weighted by Gasteiger charge is -2.26. The van der Waals surface area contributed by atoms with Crippen molar-refractivity contribution in [3.63, 3.8) is 0 Å². The lowest BCUT2D eigenvalue weighted by atomic mass is 10.1. The van der Waals surface area contributed by atoms with Gasteiger partial charge in [-0.1, -0.05) is 30.3 Å². The van der Waals surface area contributed by atoms with Gasteiger partial charge in [0.1, 0.15) is 28.2 Å². The van der Waals surface area contributed by atoms with Gasteiger partial charge in [0, 0.05) is 48.4 Å². The van der Waals surface area contributed by atoms with Crippen LogP contribution in [-0.4, -0.2) is 47.1 Å². The standard InChI is InChI=1S/C21H19NO5S/c23-16-10-15(26-13-20(25)22-6-8-28-9-7-22)11-19-21(16)17(24)12-18(27-19)14-4-2-1-3-5-14/h1-5,10-12,23H,6-9,13H2. The van der Waals surface area contributed by atoms with E-state index in [-0.39, 0.29) is 40.4 Å². The molecule has 28 heavy (non-hydrogen) atoms. The fourth-order valence-electron chi connectivity index (χ4n) is 3.12. The molecule has 2 aromatic carbocycles. The average Bonchev–Trinajstić information content (AvgIpc) is 2.72. The van der Waals surface area contributed by atoms with Crippen LogP contribution in [0.2, 0.25) is 0 Å². The Morgan fingerprint density at radius 1 is 1.14 bits per heavy atom. The third-order valence-electron chi connectivity index (χ3n) is 4.57. The van der Waals surface area contributed by atoms with E-state index in [1.165, 1.54) is 18.2 Å². The van der Waals surface area contributed by atoms with Crippen LogP contribution in [-0.2, 0) is 4.79 Å². The Bertz CT molecular complexity index is 1060. The summed E-state index contributed by atoms with van der Waals surface area (Å²) in [5.74, 6) is 2.20. The Balaban J connectivity index is 1.61. The van der Waals surface area contributed by atoms with Crippen molar-refractivity contribution in [2.75, 3.05) is 31.2 Å². The number of phenols is 1. The number of thioether (sulfide) groups is 1. The quantitative estimate of drug-likeness (QED) is 0.729. The zero-order valence-electron chi connectivity index (χ0n) is 15.1. The summed E-state index contributed by atoms with van der Waals surface area (Å²) in [6, 6.07) is 13.5. The zero-order valence-corrected chi connectivity index (χ0v) is 15.9. The summed E-state index contributed by atoms with van der Waals surface area (Å²) >= 11 is 1.82. The maximum atomic E-state index is 12.5. The molecule has 1 N–H and O–H groups in total. The zero-order chi connectivity index (χ0) is 19.5. The Morgan fingerprint density at radius 3 is 2.64 bits per heavy atom. The van der Waals surface area contributed by atoms with Crippen molar-refractivity contribution in [1.82, 2.24) is 4.90 Å². The minimum atomic E-state index is -0.342. The van der Waals surface area contributed by atoms with Crippen molar-refractivity contribution < 1.29 is 19.1 Å². The Hall–Kier alpha value is -2.93. The van der Waals surface area contributed by atoms with Crippen molar-refractivity contribution in [1.29, 1.82) is 0 Å². The van der Waals surface area contributed by atoms with Crippen molar-refractivity contribution >= 4 is 28.6 Å². The highest BCUT2D eigenvalue weighted by Gasteiger charge is 2.18. The normalized spacial score (nSPS) is 14.2. The maximum Gasteiger partial charge on any atom is 0.260 e. The molecule has 0 bridgehead atoms. The van der Waals surface area contributed by atoms with Crippen molar-refractivity contribution in [3.8, 4) is 22.8 Å². The smallest absolute Gasteiger partial charge is 0.260 e. The second-order valence-corrected chi connectivity index (χ2v) is 7.66. The second kappa shape index (κ2) is 7.98. The molecule has 144 valence electrons. The first kappa shape index (κ1) is 18.4. The number of nitrogens with zero attached hydrogens (tertiary/aromatic N) is 1. The van der Waals surface area contributed by atoms with Crippen LogP contribution in [0.5, 0.6) is 11.5 Å². The molecule has 0 radical (unpaired) electrons. The van der Waals surface area contributed by atoms with Gasteiger partial charge in [-0.15, -0.1) is 0 Å². The Kier molecular flexibility index (Phi) is 5.25. The van der Waals surface area contributed by atoms with E-state index in [9.17, 15) is 14.7 Å². The summed E-state index contributed by atoms with van der Waals surface area (Å²) < 4.78 is 11.4. The molecule has 0 unspecified atom stereocenters. The summed E-state index contributed by atoms with van der Waals surface area (Å²) in [5, 5.41) is 10.4. The van der Waals surface area contributed by atoms with E-state index in [0.717, 1.165) is 17.1 Å². The molecule has 1 fully saturated rings. The van der Waals surface area contributed by atoms with Crippen LogP contribution in [0.3, 0.4) is 0 Å². The molecule has 0 aliphatic carbocycles. The summed E-state index contributed by atoms with van der Waals surface area (Å²) in [7, 11) is 0. The molecule has 4 rings (SSSR count). The number of fused-ring (bicyclic) bond motifs is 1. The molecule has 1 amide bonds. The number of benzene rings is 2. The largest absolute Gasteiger partial charge is 0.507 e. The first-order valence-corrected chi connectivity index (χ1v) is 10.1. The number of aromatic hydroxyl groups is 1. The van der Waals surface area contributed by atoms with Crippen LogP contribution in [0, 0.1) is 0 Å². The van der Waals surface area contributed by atoms with Crippen molar-refractivity contribution in [3.05, 3.63) is 58.8 Å². The highest BCUT2D eigenvalue weighted by atomic mass is 32.2. The van der Waals surface area contributed by atoms with E-state index >= 15 is 0 Å². The van der Waals surface area contributed by atoms with Gasteiger partial charge in [0.15, 0.2) is 12.0 Å². The van der Waals surface area contributed by atoms with Gasteiger partial charge < -0.3 is 19.2 Å². The molecular weight excluding hydrogens is 378 g/mol. The topological polar surface area (TPSA) is 80.0 Å². The first-order chi connectivity index (χ1) is 13.6. The summed E-state index contributed by atoms with van der Waals surface area (Å²) in [4.78, 5) is 26.5. The van der Waals surface area contributed by atoms with Crippen LogP contribution in [0.4, 0.5) is 0 Å². The van der Waals surface area contributed by atoms with E-state index in [0.29, 0.717) is 18.8 Å². The molecule has 6 nitrogen and oxygen atoms in total. The third kappa shape index (κ3) is 3.84. The number of hydrogen-bond donors (Lipinski definition) is 1. The monoisotopic (exact) mass is 397 g/mol. The molecule has 1 aliphatic rings. The minimum Gasteiger partial charge on any atom is -0.507 e. The highest BCUT2D eigenvalue weighted by Crippen LogP contribution is 2.31. The lowest BCUT2D eigenvalue weighted by molar-refractivity contribution is -0.133. The maximum absolute atomic E-state index is 12.5. The van der Waals surface area contributed by atoms with E-state index in [1.807, 2.05) is 42.1 Å². The van der Waals surface area contributed by atoms with Gasteiger partial charge in [-0.05, 0) is 0 Å². The fraction of sp³-hybridized carbons (Fsp3) is 0.238. The summed E-state index contributed by atoms with van der Waals surface area (Å²) in [6.07, 6.45) is 0. The van der Waals surface area contributed by atoms with Gasteiger partial charge in [-0.25, -0.2) is 0 Å². The molecule has 1 aromatic heterocycles. The molecular formula is C21H19NO5S. The number of phenolic OH excluding ortho intramolecular Hbond substituents is 1. The summed E-state index contributed by atoms with van der Waals surface area (Å²) in [6.45, 7) is 1.30. The predicted octanol–water partition coefficient (Wildman–Crippen LogP) is 3.12. The molecule has 0 spiro atoms. The number of amides is 1. The predicted molar refractivity (Wildman–Crippen MR) is 109 cm³/mol. The molecule has 7 heteroatoms. The van der Waals surface area contributed by atoms with Gasteiger partial charge in [-0.2, -0.15) is 11.8 Å². The van der Waals surface area contributed by atoms with E-state index < -0.39 is 0 Å². The lowest BCUT2D eigenvalue weighted by Crippen LogP contribution is -2.40. The first-order valence-electron chi connectivity index (χ1n) is 8.96. The average molecular weight is 397 g/mol. The van der Waals surface area contributed by atoms with Crippen LogP contribution in [0.15, 0.2) is 57.7 Å². The Labute approximate surface area is 165 Å². The van der Waals surface area contributed by atoms with Gasteiger partial charge in [-0.3, -0.25) is 9.59 Å².